The summed E-state index contributed by atoms with van der Waals surface area (Å²) in [5, 5.41) is 6.44. The van der Waals surface area contributed by atoms with E-state index in [9.17, 15) is 22.4 Å². The van der Waals surface area contributed by atoms with Gasteiger partial charge >= 0.3 is 0 Å². The zero-order valence-corrected chi connectivity index (χ0v) is 20.6. The van der Waals surface area contributed by atoms with Gasteiger partial charge in [0.05, 0.1) is 0 Å². The van der Waals surface area contributed by atoms with Crippen LogP contribution in [0.15, 0.2) is 57.9 Å². The quantitative estimate of drug-likeness (QED) is 0.488. The Bertz CT molecular complexity index is 1390. The van der Waals surface area contributed by atoms with Gasteiger partial charge in [-0.1, -0.05) is 35.5 Å². The Kier molecular flexibility index (Phi) is 7.20. The number of nitrogens with zero attached hydrogens (tertiary/aromatic N) is 3. The maximum Gasteiger partial charge on any atom is 0.259 e. The van der Waals surface area contributed by atoms with Crippen molar-refractivity contribution in [3.8, 4) is 0 Å². The minimum absolute atomic E-state index is 0.0000313. The molecule has 0 aliphatic carbocycles. The highest BCUT2D eigenvalue weighted by molar-refractivity contribution is 7.89. The number of benzene rings is 2. The number of rotatable bonds is 7. The molecule has 2 amide bonds. The summed E-state index contributed by atoms with van der Waals surface area (Å²) >= 11 is 0. The van der Waals surface area contributed by atoms with Crippen molar-refractivity contribution in [1.82, 2.24) is 19.7 Å². The van der Waals surface area contributed by atoms with Crippen molar-refractivity contribution in [2.45, 2.75) is 38.0 Å². The minimum atomic E-state index is -4.27. The molecular formula is C24H26FN5O5S. The molecule has 12 heteroatoms. The second kappa shape index (κ2) is 10.2. The lowest BCUT2D eigenvalue weighted by atomic mass is 10.1. The van der Waals surface area contributed by atoms with Crippen molar-refractivity contribution in [1.29, 1.82) is 0 Å². The lowest BCUT2D eigenvalue weighted by molar-refractivity contribution is -0.127. The van der Waals surface area contributed by atoms with Crippen molar-refractivity contribution in [2.75, 3.05) is 13.1 Å². The van der Waals surface area contributed by atoms with Crippen LogP contribution in [0.25, 0.3) is 0 Å². The first kappa shape index (κ1) is 25.5. The van der Waals surface area contributed by atoms with Crippen LogP contribution in [0.2, 0.25) is 0 Å². The number of aromatic nitrogens is 1. The zero-order chi connectivity index (χ0) is 26.0. The third kappa shape index (κ3) is 4.87. The highest BCUT2D eigenvalue weighted by Gasteiger charge is 2.48. The molecule has 4 rings (SSSR count). The standard InChI is InChI=1S/C24H26FN5O5S/c1-15-21(16(2)35-28-15)36(33,34)30-10-9-29(24(32)19-7-4-8-20(25)12-19)23(30)22(31)27-14-18-6-3-5-17(11-18)13-26/h3-8,11-12,23H,9-10,13-14,26H2,1-2H3,(H,27,31). The number of aryl methyl sites for hydroxylation is 2. The largest absolute Gasteiger partial charge is 0.360 e. The van der Waals surface area contributed by atoms with Gasteiger partial charge in [-0.25, -0.2) is 12.8 Å². The normalized spacial score (nSPS) is 16.3. The van der Waals surface area contributed by atoms with Crippen molar-refractivity contribution < 1.29 is 26.9 Å². The summed E-state index contributed by atoms with van der Waals surface area (Å²) in [7, 11) is -4.27. The molecule has 1 saturated heterocycles. The Hall–Kier alpha value is -3.61. The Morgan fingerprint density at radius 2 is 1.86 bits per heavy atom. The fourth-order valence-electron chi connectivity index (χ4n) is 4.24. The van der Waals surface area contributed by atoms with Gasteiger partial charge in [0.25, 0.3) is 21.8 Å². The molecule has 0 bridgehead atoms. The molecule has 36 heavy (non-hydrogen) atoms. The van der Waals surface area contributed by atoms with Crippen LogP contribution in [0.1, 0.15) is 32.9 Å². The van der Waals surface area contributed by atoms with Crippen molar-refractivity contribution >= 4 is 21.8 Å². The van der Waals surface area contributed by atoms with Crippen LogP contribution in [0.5, 0.6) is 0 Å². The third-order valence-electron chi connectivity index (χ3n) is 5.92. The summed E-state index contributed by atoms with van der Waals surface area (Å²) in [6, 6.07) is 12.3. The predicted octanol–water partition coefficient (Wildman–Crippen LogP) is 1.68. The number of carbonyl (C=O) groups excluding carboxylic acids is 2. The molecule has 1 aliphatic rings. The number of nitrogens with one attached hydrogen (secondary N) is 1. The van der Waals surface area contributed by atoms with Crippen molar-refractivity contribution in [3.05, 3.63) is 82.5 Å². The van der Waals surface area contributed by atoms with E-state index in [-0.39, 0.29) is 41.5 Å². The number of hydrogen-bond acceptors (Lipinski definition) is 7. The van der Waals surface area contributed by atoms with E-state index in [0.717, 1.165) is 26.4 Å². The van der Waals surface area contributed by atoms with Crippen molar-refractivity contribution in [3.63, 3.8) is 0 Å². The molecule has 3 N–H and O–H groups in total. The van der Waals surface area contributed by atoms with E-state index in [0.29, 0.717) is 6.54 Å². The number of sulfonamides is 1. The van der Waals surface area contributed by atoms with Crippen LogP contribution in [-0.2, 0) is 27.9 Å². The van der Waals surface area contributed by atoms with Gasteiger partial charge in [-0.05, 0) is 43.2 Å². The van der Waals surface area contributed by atoms with Gasteiger partial charge in [0.1, 0.15) is 16.4 Å². The van der Waals surface area contributed by atoms with Crippen LogP contribution in [-0.4, -0.2) is 53.8 Å². The molecule has 2 heterocycles. The SMILES string of the molecule is Cc1noc(C)c1S(=O)(=O)N1CCN(C(=O)c2cccc(F)c2)C1C(=O)NCc1cccc(CN)c1. The topological polar surface area (TPSA) is 139 Å². The van der Waals surface area contributed by atoms with Gasteiger partial charge in [0.2, 0.25) is 0 Å². The zero-order valence-electron chi connectivity index (χ0n) is 19.8. The van der Waals surface area contributed by atoms with Crippen LogP contribution in [0.4, 0.5) is 4.39 Å². The number of halogens is 1. The maximum absolute atomic E-state index is 13.8. The molecule has 1 unspecified atom stereocenters. The third-order valence-corrected chi connectivity index (χ3v) is 8.02. The summed E-state index contributed by atoms with van der Waals surface area (Å²) in [4.78, 5) is 27.7. The van der Waals surface area contributed by atoms with Gasteiger partial charge in [-0.3, -0.25) is 9.59 Å². The van der Waals surface area contributed by atoms with Crippen molar-refractivity contribution in [2.24, 2.45) is 5.73 Å². The molecule has 1 aromatic heterocycles. The van der Waals surface area contributed by atoms with E-state index >= 15 is 0 Å². The number of nitrogens with two attached hydrogens (primary N) is 1. The molecule has 0 saturated carbocycles. The average Bonchev–Trinajstić information content (AvgIpc) is 3.46. The molecule has 0 spiro atoms. The molecule has 1 aliphatic heterocycles. The van der Waals surface area contributed by atoms with Crippen LogP contribution in [0, 0.1) is 19.7 Å². The van der Waals surface area contributed by atoms with E-state index < -0.39 is 33.8 Å². The lowest BCUT2D eigenvalue weighted by Gasteiger charge is -2.28. The Balaban J connectivity index is 1.68. The summed E-state index contributed by atoms with van der Waals surface area (Å²) in [5.41, 5.74) is 7.45. The van der Waals surface area contributed by atoms with E-state index in [1.807, 2.05) is 12.1 Å². The second-order valence-electron chi connectivity index (χ2n) is 8.39. The molecule has 3 aromatic rings. The molecule has 10 nitrogen and oxygen atoms in total. The monoisotopic (exact) mass is 515 g/mol. The molecular weight excluding hydrogens is 489 g/mol. The molecule has 1 atom stereocenters. The fourth-order valence-corrected chi connectivity index (χ4v) is 6.08. The van der Waals surface area contributed by atoms with Gasteiger partial charge in [-0.2, -0.15) is 4.31 Å². The lowest BCUT2D eigenvalue weighted by Crippen LogP contribution is -2.53. The summed E-state index contributed by atoms with van der Waals surface area (Å²) < 4.78 is 47.0. The summed E-state index contributed by atoms with van der Waals surface area (Å²) in [5.74, 6) is -1.93. The Morgan fingerprint density at radius 3 is 2.53 bits per heavy atom. The van der Waals surface area contributed by atoms with Crippen LogP contribution >= 0.6 is 0 Å². The summed E-state index contributed by atoms with van der Waals surface area (Å²) in [6.45, 7) is 3.13. The van der Waals surface area contributed by atoms with E-state index in [2.05, 4.69) is 10.5 Å². The molecule has 0 radical (unpaired) electrons. The molecule has 1 fully saturated rings. The van der Waals surface area contributed by atoms with Crippen LogP contribution in [0.3, 0.4) is 0 Å². The highest BCUT2D eigenvalue weighted by atomic mass is 32.2. The summed E-state index contributed by atoms with van der Waals surface area (Å²) in [6.07, 6.45) is -1.50. The Labute approximate surface area is 207 Å². The first-order chi connectivity index (χ1) is 17.1. The van der Waals surface area contributed by atoms with Gasteiger partial charge in [0, 0.05) is 31.7 Å². The van der Waals surface area contributed by atoms with Crippen LogP contribution < -0.4 is 11.1 Å². The molecule has 190 valence electrons. The number of hydrogen-bond donors (Lipinski definition) is 2. The first-order valence-electron chi connectivity index (χ1n) is 11.2. The van der Waals surface area contributed by atoms with Gasteiger partial charge in [-0.15, -0.1) is 0 Å². The smallest absolute Gasteiger partial charge is 0.259 e. The fraction of sp³-hybridized carbons (Fsp3) is 0.292. The van der Waals surface area contributed by atoms with E-state index in [1.54, 1.807) is 12.1 Å². The van der Waals surface area contributed by atoms with E-state index in [1.165, 1.54) is 32.0 Å². The predicted molar refractivity (Wildman–Crippen MR) is 127 cm³/mol. The Morgan fingerprint density at radius 1 is 1.14 bits per heavy atom. The average molecular weight is 516 g/mol. The molecule has 2 aromatic carbocycles. The first-order valence-corrected chi connectivity index (χ1v) is 12.6. The minimum Gasteiger partial charge on any atom is -0.360 e. The van der Waals surface area contributed by atoms with E-state index in [4.69, 9.17) is 10.3 Å². The van der Waals surface area contributed by atoms with Gasteiger partial charge in [0.15, 0.2) is 11.9 Å². The number of carbonyl (C=O) groups is 2. The highest BCUT2D eigenvalue weighted by Crippen LogP contribution is 2.29. The van der Waals surface area contributed by atoms with Gasteiger partial charge < -0.3 is 20.5 Å². The number of amides is 2. The second-order valence-corrected chi connectivity index (χ2v) is 10.2. The maximum atomic E-state index is 13.8.